The molecule has 2 N–H and O–H groups in total. The molecule has 0 fully saturated rings. The molecule has 0 amide bonds. The van der Waals surface area contributed by atoms with Crippen LogP contribution < -0.4 is 0 Å². The number of aromatic carboxylic acids is 1. The fourth-order valence-corrected chi connectivity index (χ4v) is 1.81. The Morgan fingerprint density at radius 1 is 1.10 bits per heavy atom. The van der Waals surface area contributed by atoms with Crippen LogP contribution in [0.1, 0.15) is 34.3 Å². The number of carbonyl (C=O) groups is 2. The van der Waals surface area contributed by atoms with Crippen LogP contribution in [-0.4, -0.2) is 28.3 Å². The molecule has 0 saturated heterocycles. The average Bonchev–Trinajstić information content (AvgIpc) is 2.28. The normalized spacial score (nSPS) is 11.3. The van der Waals surface area contributed by atoms with E-state index in [-0.39, 0.29) is 24.8 Å². The number of carboxylic acids is 2. The van der Waals surface area contributed by atoms with Crippen LogP contribution in [-0.2, 0) is 17.6 Å². The van der Waals surface area contributed by atoms with Gasteiger partial charge in [0.2, 0.25) is 0 Å². The summed E-state index contributed by atoms with van der Waals surface area (Å²) in [5, 5.41) is 17.6. The lowest BCUT2D eigenvalue weighted by atomic mass is 9.97. The van der Waals surface area contributed by atoms with Crippen molar-refractivity contribution >= 4 is 11.9 Å². The van der Waals surface area contributed by atoms with Gasteiger partial charge in [0.15, 0.2) is 0 Å². The maximum atomic E-state index is 12.1. The van der Waals surface area contributed by atoms with E-state index in [1.807, 2.05) is 0 Å². The number of hydrogen-bond donors (Lipinski definition) is 2. The summed E-state index contributed by atoms with van der Waals surface area (Å²) in [7, 11) is 0. The van der Waals surface area contributed by atoms with E-state index in [1.165, 1.54) is 18.2 Å². The summed E-state index contributed by atoms with van der Waals surface area (Å²) in [6, 6.07) is 3.81. The molecular formula is C13H13F3O4. The third-order valence-corrected chi connectivity index (χ3v) is 2.70. The highest BCUT2D eigenvalue weighted by Gasteiger charge is 2.26. The highest BCUT2D eigenvalue weighted by molar-refractivity contribution is 5.88. The molecule has 1 rings (SSSR count). The SMILES string of the molecule is O=C(O)Cc1ccc(C(=O)O)cc1CCCC(F)(F)F. The van der Waals surface area contributed by atoms with E-state index >= 15 is 0 Å². The number of halogens is 3. The quantitative estimate of drug-likeness (QED) is 0.844. The molecule has 0 aliphatic heterocycles. The summed E-state index contributed by atoms with van der Waals surface area (Å²) >= 11 is 0. The summed E-state index contributed by atoms with van der Waals surface area (Å²) in [6.45, 7) is 0. The number of aryl methyl sites for hydroxylation is 1. The van der Waals surface area contributed by atoms with Crippen molar-refractivity contribution in [3.05, 3.63) is 34.9 Å². The Hall–Kier alpha value is -2.05. The fraction of sp³-hybridized carbons (Fsp3) is 0.385. The molecule has 1 aromatic carbocycles. The van der Waals surface area contributed by atoms with Gasteiger partial charge in [-0.15, -0.1) is 0 Å². The van der Waals surface area contributed by atoms with Gasteiger partial charge in [0.1, 0.15) is 0 Å². The van der Waals surface area contributed by atoms with Gasteiger partial charge in [-0.2, -0.15) is 13.2 Å². The lowest BCUT2D eigenvalue weighted by Crippen LogP contribution is -2.09. The molecule has 0 aliphatic carbocycles. The molecule has 1 aromatic rings. The van der Waals surface area contributed by atoms with Crippen molar-refractivity contribution in [1.82, 2.24) is 0 Å². The molecule has 0 aliphatic rings. The summed E-state index contributed by atoms with van der Waals surface area (Å²) in [5.74, 6) is -2.32. The number of rotatable bonds is 6. The fourth-order valence-electron chi connectivity index (χ4n) is 1.81. The van der Waals surface area contributed by atoms with E-state index < -0.39 is 24.5 Å². The Morgan fingerprint density at radius 3 is 2.25 bits per heavy atom. The summed E-state index contributed by atoms with van der Waals surface area (Å²) in [4.78, 5) is 21.5. The standard InChI is InChI=1S/C13H13F3O4/c14-13(15,16)5-1-2-8-6-10(12(19)20)4-3-9(8)7-11(17)18/h3-4,6H,1-2,5,7H2,(H,17,18)(H,19,20). The van der Waals surface area contributed by atoms with Gasteiger partial charge in [-0.1, -0.05) is 6.07 Å². The van der Waals surface area contributed by atoms with Crippen LogP contribution in [0.5, 0.6) is 0 Å². The number of carboxylic acid groups (broad SMARTS) is 2. The molecule has 7 heteroatoms. The second-order valence-corrected chi connectivity index (χ2v) is 4.33. The molecule has 110 valence electrons. The Balaban J connectivity index is 2.90. The first-order valence-corrected chi connectivity index (χ1v) is 5.82. The van der Waals surface area contributed by atoms with Crippen LogP contribution in [0, 0.1) is 0 Å². The maximum Gasteiger partial charge on any atom is 0.389 e. The van der Waals surface area contributed by atoms with Crippen LogP contribution in [0.2, 0.25) is 0 Å². The van der Waals surface area contributed by atoms with Gasteiger partial charge in [0.25, 0.3) is 0 Å². The largest absolute Gasteiger partial charge is 0.481 e. The van der Waals surface area contributed by atoms with Crippen LogP contribution in [0.15, 0.2) is 18.2 Å². The molecule has 0 radical (unpaired) electrons. The molecule has 0 atom stereocenters. The lowest BCUT2D eigenvalue weighted by molar-refractivity contribution is -0.137. The van der Waals surface area contributed by atoms with Gasteiger partial charge in [-0.05, 0) is 36.1 Å². The number of aliphatic carboxylic acids is 1. The van der Waals surface area contributed by atoms with Crippen molar-refractivity contribution in [2.24, 2.45) is 0 Å². The van der Waals surface area contributed by atoms with Crippen molar-refractivity contribution in [1.29, 1.82) is 0 Å². The summed E-state index contributed by atoms with van der Waals surface area (Å²) < 4.78 is 36.3. The molecule has 20 heavy (non-hydrogen) atoms. The Labute approximate surface area is 112 Å². The van der Waals surface area contributed by atoms with E-state index in [4.69, 9.17) is 10.2 Å². The Morgan fingerprint density at radius 2 is 1.75 bits per heavy atom. The number of alkyl halides is 3. The van der Waals surface area contributed by atoms with Crippen LogP contribution >= 0.6 is 0 Å². The first kappa shape index (κ1) is 16.0. The lowest BCUT2D eigenvalue weighted by Gasteiger charge is -2.10. The van der Waals surface area contributed by atoms with Crippen molar-refractivity contribution < 1.29 is 33.0 Å². The third kappa shape index (κ3) is 5.29. The average molecular weight is 290 g/mol. The molecule has 4 nitrogen and oxygen atoms in total. The van der Waals surface area contributed by atoms with Gasteiger partial charge >= 0.3 is 18.1 Å². The minimum atomic E-state index is -4.28. The van der Waals surface area contributed by atoms with Gasteiger partial charge in [-0.25, -0.2) is 4.79 Å². The Kier molecular flexibility index (Phi) is 5.12. The Bertz CT molecular complexity index is 509. The zero-order valence-electron chi connectivity index (χ0n) is 10.4. The molecule has 0 saturated carbocycles. The van der Waals surface area contributed by atoms with Crippen LogP contribution in [0.3, 0.4) is 0 Å². The van der Waals surface area contributed by atoms with E-state index in [0.29, 0.717) is 11.1 Å². The predicted molar refractivity (Wildman–Crippen MR) is 63.7 cm³/mol. The zero-order valence-corrected chi connectivity index (χ0v) is 10.4. The van der Waals surface area contributed by atoms with Crippen LogP contribution in [0.4, 0.5) is 13.2 Å². The van der Waals surface area contributed by atoms with Crippen molar-refractivity contribution in [3.8, 4) is 0 Å². The van der Waals surface area contributed by atoms with Gasteiger partial charge in [0.05, 0.1) is 12.0 Å². The summed E-state index contributed by atoms with van der Waals surface area (Å²) in [6.07, 6.45) is -5.84. The predicted octanol–water partition coefficient (Wildman–Crippen LogP) is 2.90. The van der Waals surface area contributed by atoms with Crippen molar-refractivity contribution in [3.63, 3.8) is 0 Å². The highest BCUT2D eigenvalue weighted by atomic mass is 19.4. The van der Waals surface area contributed by atoms with Gasteiger partial charge in [-0.3, -0.25) is 4.79 Å². The maximum absolute atomic E-state index is 12.1. The molecule has 0 bridgehead atoms. The molecule has 0 unspecified atom stereocenters. The minimum Gasteiger partial charge on any atom is -0.481 e. The number of benzene rings is 1. The molecule has 0 aromatic heterocycles. The van der Waals surface area contributed by atoms with E-state index in [1.54, 1.807) is 0 Å². The van der Waals surface area contributed by atoms with E-state index in [9.17, 15) is 22.8 Å². The zero-order chi connectivity index (χ0) is 15.3. The van der Waals surface area contributed by atoms with Crippen molar-refractivity contribution in [2.75, 3.05) is 0 Å². The highest BCUT2D eigenvalue weighted by Crippen LogP contribution is 2.24. The first-order chi connectivity index (χ1) is 9.19. The van der Waals surface area contributed by atoms with E-state index in [2.05, 4.69) is 0 Å². The smallest absolute Gasteiger partial charge is 0.389 e. The molecular weight excluding hydrogens is 277 g/mol. The second kappa shape index (κ2) is 6.40. The third-order valence-electron chi connectivity index (χ3n) is 2.70. The van der Waals surface area contributed by atoms with Gasteiger partial charge < -0.3 is 10.2 Å². The minimum absolute atomic E-state index is 0.0107. The molecule has 0 spiro atoms. The first-order valence-electron chi connectivity index (χ1n) is 5.82. The number of hydrogen-bond acceptors (Lipinski definition) is 2. The van der Waals surface area contributed by atoms with Crippen LogP contribution in [0.25, 0.3) is 0 Å². The second-order valence-electron chi connectivity index (χ2n) is 4.33. The monoisotopic (exact) mass is 290 g/mol. The van der Waals surface area contributed by atoms with E-state index in [0.717, 1.165) is 0 Å². The molecule has 0 heterocycles. The topological polar surface area (TPSA) is 74.6 Å². The summed E-state index contributed by atoms with van der Waals surface area (Å²) in [5.41, 5.74) is 0.599. The van der Waals surface area contributed by atoms with Gasteiger partial charge in [0, 0.05) is 6.42 Å². The van der Waals surface area contributed by atoms with Crippen molar-refractivity contribution in [2.45, 2.75) is 31.9 Å².